The molecule has 0 atom stereocenters. The molecule has 0 saturated carbocycles. The predicted octanol–water partition coefficient (Wildman–Crippen LogP) is 4.60. The average molecular weight is 424 g/mol. The highest BCUT2D eigenvalue weighted by Crippen LogP contribution is 2.31. The number of ether oxygens (including phenoxy) is 1. The normalized spacial score (nSPS) is 12.4. The molecule has 1 aromatic carbocycles. The van der Waals surface area contributed by atoms with Crippen molar-refractivity contribution in [3.63, 3.8) is 0 Å². The standard InChI is InChI=1S/C17H17ClF3NO4S/c1-11(2)7-16(23)22-6-5-13(9-22)27(24,25)15-4-3-12(8-14(15)18)26-10-17(19,20)21/h3-6,8-9,11H,7,10H2,1-2H3. The summed E-state index contributed by atoms with van der Waals surface area (Å²) in [7, 11) is -4.05. The van der Waals surface area contributed by atoms with Crippen LogP contribution in [0, 0.1) is 5.92 Å². The lowest BCUT2D eigenvalue weighted by Crippen LogP contribution is -2.19. The Kier molecular flexibility index (Phi) is 6.26. The molecule has 0 saturated heterocycles. The third kappa shape index (κ3) is 5.49. The van der Waals surface area contributed by atoms with Crippen molar-refractivity contribution in [3.05, 3.63) is 41.7 Å². The number of hydrogen-bond acceptors (Lipinski definition) is 4. The fourth-order valence-corrected chi connectivity index (χ4v) is 4.01. The van der Waals surface area contributed by atoms with Crippen LogP contribution in [0.1, 0.15) is 25.1 Å². The molecule has 0 fully saturated rings. The van der Waals surface area contributed by atoms with Gasteiger partial charge in [-0.3, -0.25) is 9.36 Å². The second-order valence-corrected chi connectivity index (χ2v) is 8.57. The molecule has 0 aliphatic rings. The number of rotatable bonds is 6. The fraction of sp³-hybridized carbons (Fsp3) is 0.353. The maximum absolute atomic E-state index is 12.7. The molecular weight excluding hydrogens is 407 g/mol. The molecular formula is C17H17ClF3NO4S. The molecule has 0 bridgehead atoms. The van der Waals surface area contributed by atoms with E-state index in [1.54, 1.807) is 0 Å². The first kappa shape index (κ1) is 21.3. The summed E-state index contributed by atoms with van der Waals surface area (Å²) in [6.45, 7) is 2.21. The quantitative estimate of drug-likeness (QED) is 0.681. The van der Waals surface area contributed by atoms with Crippen molar-refractivity contribution in [1.82, 2.24) is 4.57 Å². The molecule has 2 aromatic rings. The van der Waals surface area contributed by atoms with Gasteiger partial charge in [-0.25, -0.2) is 8.42 Å². The molecule has 2 rings (SSSR count). The second kappa shape index (κ2) is 7.93. The van der Waals surface area contributed by atoms with Crippen LogP contribution in [0.25, 0.3) is 0 Å². The van der Waals surface area contributed by atoms with E-state index < -0.39 is 22.6 Å². The highest BCUT2D eigenvalue weighted by molar-refractivity contribution is 7.91. The summed E-state index contributed by atoms with van der Waals surface area (Å²) in [6.07, 6.45) is -1.75. The van der Waals surface area contributed by atoms with E-state index in [0.717, 1.165) is 18.2 Å². The van der Waals surface area contributed by atoms with Crippen LogP contribution in [-0.2, 0) is 9.84 Å². The Morgan fingerprint density at radius 2 is 1.93 bits per heavy atom. The molecule has 0 amide bonds. The fourth-order valence-electron chi connectivity index (χ4n) is 2.23. The minimum atomic E-state index is -4.53. The lowest BCUT2D eigenvalue weighted by molar-refractivity contribution is -0.153. The summed E-state index contributed by atoms with van der Waals surface area (Å²) in [5.41, 5.74) is 0. The van der Waals surface area contributed by atoms with Crippen LogP contribution in [0.4, 0.5) is 13.2 Å². The summed E-state index contributed by atoms with van der Waals surface area (Å²) in [4.78, 5) is 11.6. The molecule has 0 N–H and O–H groups in total. The third-order valence-electron chi connectivity index (χ3n) is 3.44. The second-order valence-electron chi connectivity index (χ2n) is 6.25. The number of halogens is 4. The molecule has 0 unspecified atom stereocenters. The van der Waals surface area contributed by atoms with Crippen LogP contribution >= 0.6 is 11.6 Å². The highest BCUT2D eigenvalue weighted by atomic mass is 35.5. The first-order valence-corrected chi connectivity index (χ1v) is 9.71. The summed E-state index contributed by atoms with van der Waals surface area (Å²) in [5.74, 6) is -0.354. The molecule has 0 aliphatic heterocycles. The van der Waals surface area contributed by atoms with Gasteiger partial charge in [0.25, 0.3) is 0 Å². The van der Waals surface area contributed by atoms with E-state index in [4.69, 9.17) is 11.6 Å². The number of alkyl halides is 3. The molecule has 1 aromatic heterocycles. The number of aromatic nitrogens is 1. The smallest absolute Gasteiger partial charge is 0.422 e. The first-order chi connectivity index (χ1) is 12.4. The van der Waals surface area contributed by atoms with Gasteiger partial charge < -0.3 is 4.74 Å². The van der Waals surface area contributed by atoms with Crippen molar-refractivity contribution in [2.75, 3.05) is 6.61 Å². The van der Waals surface area contributed by atoms with Crippen LogP contribution in [0.15, 0.2) is 46.5 Å². The lowest BCUT2D eigenvalue weighted by Gasteiger charge is -2.11. The van der Waals surface area contributed by atoms with E-state index >= 15 is 0 Å². The van der Waals surface area contributed by atoms with Gasteiger partial charge in [-0.05, 0) is 24.1 Å². The topological polar surface area (TPSA) is 65.4 Å². The first-order valence-electron chi connectivity index (χ1n) is 7.85. The molecule has 148 valence electrons. The summed E-state index contributed by atoms with van der Waals surface area (Å²) >= 11 is 5.94. The largest absolute Gasteiger partial charge is 0.484 e. The maximum Gasteiger partial charge on any atom is 0.422 e. The Bertz CT molecular complexity index is 936. The van der Waals surface area contributed by atoms with Crippen LogP contribution < -0.4 is 4.74 Å². The number of carbonyl (C=O) groups is 1. The molecule has 0 spiro atoms. The Balaban J connectivity index is 2.26. The van der Waals surface area contributed by atoms with Crippen LogP contribution in [0.3, 0.4) is 0 Å². The Morgan fingerprint density at radius 1 is 1.26 bits per heavy atom. The van der Waals surface area contributed by atoms with Crippen molar-refractivity contribution < 1.29 is 31.1 Å². The zero-order valence-electron chi connectivity index (χ0n) is 14.5. The monoisotopic (exact) mass is 423 g/mol. The lowest BCUT2D eigenvalue weighted by atomic mass is 10.1. The summed E-state index contributed by atoms with van der Waals surface area (Å²) < 4.78 is 67.7. The van der Waals surface area contributed by atoms with Crippen molar-refractivity contribution >= 4 is 27.3 Å². The van der Waals surface area contributed by atoms with E-state index in [9.17, 15) is 26.4 Å². The molecule has 0 radical (unpaired) electrons. The van der Waals surface area contributed by atoms with Gasteiger partial charge in [-0.15, -0.1) is 0 Å². The Morgan fingerprint density at radius 3 is 2.48 bits per heavy atom. The maximum atomic E-state index is 12.7. The molecule has 10 heteroatoms. The Hall–Kier alpha value is -2.00. The van der Waals surface area contributed by atoms with Crippen molar-refractivity contribution in [1.29, 1.82) is 0 Å². The number of carbonyl (C=O) groups excluding carboxylic acids is 1. The zero-order chi connectivity index (χ0) is 20.4. The highest BCUT2D eigenvalue weighted by Gasteiger charge is 2.29. The van der Waals surface area contributed by atoms with Gasteiger partial charge in [0.05, 0.1) is 14.8 Å². The van der Waals surface area contributed by atoms with E-state index in [0.29, 0.717) is 0 Å². The van der Waals surface area contributed by atoms with Gasteiger partial charge >= 0.3 is 6.18 Å². The zero-order valence-corrected chi connectivity index (χ0v) is 16.0. The molecule has 0 aliphatic carbocycles. The van der Waals surface area contributed by atoms with E-state index in [1.807, 2.05) is 13.8 Å². The minimum Gasteiger partial charge on any atom is -0.484 e. The average Bonchev–Trinajstić information content (AvgIpc) is 3.02. The van der Waals surface area contributed by atoms with Gasteiger partial charge in [0.2, 0.25) is 15.7 Å². The van der Waals surface area contributed by atoms with Gasteiger partial charge in [-0.1, -0.05) is 25.4 Å². The number of benzene rings is 1. The minimum absolute atomic E-state index is 0.110. The van der Waals surface area contributed by atoms with Gasteiger partial charge in [-0.2, -0.15) is 13.2 Å². The van der Waals surface area contributed by atoms with Crippen LogP contribution in [0.2, 0.25) is 5.02 Å². The van der Waals surface area contributed by atoms with E-state index in [2.05, 4.69) is 4.74 Å². The van der Waals surface area contributed by atoms with Gasteiger partial charge in [0.15, 0.2) is 6.61 Å². The molecule has 27 heavy (non-hydrogen) atoms. The van der Waals surface area contributed by atoms with E-state index in [-0.39, 0.29) is 38.8 Å². The van der Waals surface area contributed by atoms with Crippen LogP contribution in [0.5, 0.6) is 5.75 Å². The third-order valence-corrected chi connectivity index (χ3v) is 5.66. The predicted molar refractivity (Wildman–Crippen MR) is 93.0 cm³/mol. The van der Waals surface area contributed by atoms with Gasteiger partial charge in [0, 0.05) is 24.9 Å². The molecule has 1 heterocycles. The van der Waals surface area contributed by atoms with E-state index in [1.165, 1.54) is 23.0 Å². The SMILES string of the molecule is CC(C)CC(=O)n1ccc(S(=O)(=O)c2ccc(OCC(F)(F)F)cc2Cl)c1. The summed E-state index contributed by atoms with van der Waals surface area (Å²) in [5, 5.41) is -0.282. The van der Waals surface area contributed by atoms with Crippen molar-refractivity contribution in [3.8, 4) is 5.75 Å². The number of sulfone groups is 1. The molecule has 5 nitrogen and oxygen atoms in total. The van der Waals surface area contributed by atoms with Gasteiger partial charge in [0.1, 0.15) is 5.75 Å². The van der Waals surface area contributed by atoms with Crippen molar-refractivity contribution in [2.24, 2.45) is 5.92 Å². The van der Waals surface area contributed by atoms with Crippen LogP contribution in [-0.4, -0.2) is 31.7 Å². The number of nitrogens with zero attached hydrogens (tertiary/aromatic N) is 1. The summed E-state index contributed by atoms with van der Waals surface area (Å²) in [6, 6.07) is 4.42. The number of hydrogen-bond donors (Lipinski definition) is 0. The van der Waals surface area contributed by atoms with Crippen molar-refractivity contribution in [2.45, 2.75) is 36.2 Å². The Labute approximate surface area is 159 Å².